The third kappa shape index (κ3) is 3.09. The largest absolute Gasteiger partial charge is 0.348 e. The highest BCUT2D eigenvalue weighted by Gasteiger charge is 2.17. The zero-order chi connectivity index (χ0) is 15.0. The summed E-state index contributed by atoms with van der Waals surface area (Å²) in [5.41, 5.74) is 8.32. The number of benzene rings is 1. The predicted octanol–water partition coefficient (Wildman–Crippen LogP) is 5.39. The molecule has 22 heavy (non-hydrogen) atoms. The average molecular weight is 404 g/mol. The van der Waals surface area contributed by atoms with Crippen LogP contribution < -0.4 is 0 Å². The van der Waals surface area contributed by atoms with E-state index in [0.29, 0.717) is 0 Å². The van der Waals surface area contributed by atoms with Gasteiger partial charge in [-0.05, 0) is 51.1 Å². The van der Waals surface area contributed by atoms with Crippen molar-refractivity contribution in [1.82, 2.24) is 4.90 Å². The lowest BCUT2D eigenvalue weighted by Crippen LogP contribution is -2.15. The van der Waals surface area contributed by atoms with Crippen molar-refractivity contribution in [2.45, 2.75) is 20.8 Å². The lowest BCUT2D eigenvalue weighted by molar-refractivity contribution is 0.533. The molecule has 0 N–H and O–H groups in total. The number of allylic oxidation sites excluding steroid dienone is 7. The van der Waals surface area contributed by atoms with Gasteiger partial charge in [0, 0.05) is 35.3 Å². The third-order valence-electron chi connectivity index (χ3n) is 4.06. The van der Waals surface area contributed by atoms with E-state index in [0.717, 1.165) is 11.4 Å². The van der Waals surface area contributed by atoms with Gasteiger partial charge in [-0.3, -0.25) is 4.99 Å². The van der Waals surface area contributed by atoms with Crippen molar-refractivity contribution in [2.75, 3.05) is 7.05 Å². The van der Waals surface area contributed by atoms with E-state index in [1.807, 2.05) is 0 Å². The maximum absolute atomic E-state index is 4.65. The summed E-state index contributed by atoms with van der Waals surface area (Å²) >= 11 is 0. The van der Waals surface area contributed by atoms with E-state index in [-0.39, 0.29) is 24.0 Å². The first-order valence-electron chi connectivity index (χ1n) is 7.23. The van der Waals surface area contributed by atoms with Gasteiger partial charge < -0.3 is 4.90 Å². The summed E-state index contributed by atoms with van der Waals surface area (Å²) in [5.74, 6) is 0. The highest BCUT2D eigenvalue weighted by molar-refractivity contribution is 14.0. The van der Waals surface area contributed by atoms with Gasteiger partial charge in [0.2, 0.25) is 0 Å². The van der Waals surface area contributed by atoms with Crippen LogP contribution in [0.5, 0.6) is 0 Å². The molecule has 1 aromatic carbocycles. The molecule has 0 spiro atoms. The van der Waals surface area contributed by atoms with Gasteiger partial charge in [-0.25, -0.2) is 0 Å². The number of likely N-dealkylation sites (N-methyl/N-ethyl adjacent to an activating group) is 1. The molecule has 2 aliphatic rings. The van der Waals surface area contributed by atoms with E-state index < -0.39 is 0 Å². The fourth-order valence-corrected chi connectivity index (χ4v) is 2.66. The van der Waals surface area contributed by atoms with Gasteiger partial charge in [0.1, 0.15) is 0 Å². The summed E-state index contributed by atoms with van der Waals surface area (Å²) in [7, 11) is 2.09. The molecule has 2 nitrogen and oxygen atoms in total. The highest BCUT2D eigenvalue weighted by Crippen LogP contribution is 2.35. The number of fused-ring (bicyclic) bond motifs is 1. The first-order valence-corrected chi connectivity index (χ1v) is 7.23. The second kappa shape index (κ2) is 6.65. The van der Waals surface area contributed by atoms with Crippen molar-refractivity contribution in [3.8, 4) is 0 Å². The first kappa shape index (κ1) is 16.7. The minimum atomic E-state index is 0. The van der Waals surface area contributed by atoms with Crippen LogP contribution in [-0.4, -0.2) is 17.7 Å². The van der Waals surface area contributed by atoms with Crippen LogP contribution in [0, 0.1) is 6.92 Å². The number of hydrogen-bond acceptors (Lipinski definition) is 2. The number of aryl methyl sites for hydroxylation is 1. The Morgan fingerprint density at radius 2 is 1.86 bits per heavy atom. The molecule has 0 amide bonds. The molecule has 2 heterocycles. The van der Waals surface area contributed by atoms with Gasteiger partial charge in [-0.15, -0.1) is 24.0 Å². The van der Waals surface area contributed by atoms with Crippen LogP contribution in [0.25, 0.3) is 5.57 Å². The summed E-state index contributed by atoms with van der Waals surface area (Å²) in [5, 5.41) is 0. The van der Waals surface area contributed by atoms with E-state index in [1.165, 1.54) is 28.1 Å². The molecule has 0 bridgehead atoms. The SMILES string of the molecule is CC1=CC=CC(=CC=C2C(C)=Nc3ccc(C)cc32)N1C.I. The smallest absolute Gasteiger partial charge is 0.0712 e. The van der Waals surface area contributed by atoms with Gasteiger partial charge >= 0.3 is 0 Å². The van der Waals surface area contributed by atoms with Crippen LogP contribution in [0.3, 0.4) is 0 Å². The zero-order valence-electron chi connectivity index (χ0n) is 13.4. The highest BCUT2D eigenvalue weighted by atomic mass is 127. The molecule has 0 saturated heterocycles. The van der Waals surface area contributed by atoms with E-state index >= 15 is 0 Å². The molecule has 2 aliphatic heterocycles. The van der Waals surface area contributed by atoms with Gasteiger partial charge in [-0.2, -0.15) is 0 Å². The van der Waals surface area contributed by atoms with Gasteiger partial charge in [0.15, 0.2) is 0 Å². The van der Waals surface area contributed by atoms with E-state index in [4.69, 9.17) is 0 Å². The van der Waals surface area contributed by atoms with Crippen molar-refractivity contribution in [1.29, 1.82) is 0 Å². The molecule has 1 aromatic rings. The normalized spacial score (nSPS) is 19.9. The molecule has 3 heteroatoms. The van der Waals surface area contributed by atoms with Crippen molar-refractivity contribution < 1.29 is 0 Å². The summed E-state index contributed by atoms with van der Waals surface area (Å²) < 4.78 is 0. The second-order valence-electron chi connectivity index (χ2n) is 5.62. The molecule has 0 radical (unpaired) electrons. The summed E-state index contributed by atoms with van der Waals surface area (Å²) in [4.78, 5) is 6.84. The molecule has 3 rings (SSSR count). The Morgan fingerprint density at radius 3 is 2.64 bits per heavy atom. The number of hydrogen-bond donors (Lipinski definition) is 0. The third-order valence-corrected chi connectivity index (χ3v) is 4.06. The monoisotopic (exact) mass is 404 g/mol. The molecular weight excluding hydrogens is 383 g/mol. The Balaban J connectivity index is 0.00000176. The van der Waals surface area contributed by atoms with Crippen LogP contribution in [-0.2, 0) is 0 Å². The van der Waals surface area contributed by atoms with E-state index in [1.54, 1.807) is 0 Å². The van der Waals surface area contributed by atoms with Crippen LogP contribution >= 0.6 is 24.0 Å². The Kier molecular flexibility index (Phi) is 5.06. The number of nitrogens with zero attached hydrogens (tertiary/aromatic N) is 2. The number of halogens is 1. The molecule has 0 saturated carbocycles. The lowest BCUT2D eigenvalue weighted by Gasteiger charge is -2.23. The lowest BCUT2D eigenvalue weighted by atomic mass is 10.0. The Morgan fingerprint density at radius 1 is 1.09 bits per heavy atom. The van der Waals surface area contributed by atoms with Crippen molar-refractivity contribution >= 4 is 40.9 Å². The predicted molar refractivity (Wildman–Crippen MR) is 106 cm³/mol. The number of aliphatic imine (C=N–C) groups is 1. The minimum Gasteiger partial charge on any atom is -0.348 e. The topological polar surface area (TPSA) is 15.6 Å². The summed E-state index contributed by atoms with van der Waals surface area (Å²) in [6.45, 7) is 6.31. The standard InChI is InChI=1S/C19H20N2.HI/c1-13-8-11-19-18(12-13)17(15(3)20-19)10-9-16-7-5-6-14(2)21(16)4;/h5-12H,1-4H3;1H. The zero-order valence-corrected chi connectivity index (χ0v) is 15.8. The van der Waals surface area contributed by atoms with E-state index in [9.17, 15) is 0 Å². The fourth-order valence-electron chi connectivity index (χ4n) is 2.66. The van der Waals surface area contributed by atoms with Crippen molar-refractivity contribution in [3.05, 3.63) is 71.1 Å². The molecule has 0 atom stereocenters. The molecule has 0 fully saturated rings. The molecule has 0 aliphatic carbocycles. The van der Waals surface area contributed by atoms with Crippen LogP contribution in [0.4, 0.5) is 5.69 Å². The maximum atomic E-state index is 4.65. The van der Waals surface area contributed by atoms with Crippen LogP contribution in [0.2, 0.25) is 0 Å². The fraction of sp³-hybridized carbons (Fsp3) is 0.211. The molecule has 0 aromatic heterocycles. The first-order chi connectivity index (χ1) is 10.1. The Hall–Kier alpha value is -1.62. The van der Waals surface area contributed by atoms with E-state index in [2.05, 4.69) is 86.3 Å². The van der Waals surface area contributed by atoms with Gasteiger partial charge in [0.05, 0.1) is 5.69 Å². The van der Waals surface area contributed by atoms with Gasteiger partial charge in [0.25, 0.3) is 0 Å². The second-order valence-corrected chi connectivity index (χ2v) is 5.62. The quantitative estimate of drug-likeness (QED) is 0.573. The minimum absolute atomic E-state index is 0. The van der Waals surface area contributed by atoms with Crippen LogP contribution in [0.15, 0.2) is 65.0 Å². The van der Waals surface area contributed by atoms with Crippen LogP contribution in [0.1, 0.15) is 25.0 Å². The molecule has 0 unspecified atom stereocenters. The van der Waals surface area contributed by atoms with Crippen molar-refractivity contribution in [2.24, 2.45) is 4.99 Å². The Labute approximate surface area is 149 Å². The van der Waals surface area contributed by atoms with Crippen molar-refractivity contribution in [3.63, 3.8) is 0 Å². The average Bonchev–Trinajstić information content (AvgIpc) is 2.76. The number of rotatable bonds is 1. The maximum Gasteiger partial charge on any atom is 0.0712 e. The van der Waals surface area contributed by atoms with Gasteiger partial charge in [-0.1, -0.05) is 23.8 Å². The molecular formula is C19H21IN2. The summed E-state index contributed by atoms with van der Waals surface area (Å²) in [6.07, 6.45) is 10.7. The molecule has 114 valence electrons. The Bertz CT molecular complexity index is 749. The summed E-state index contributed by atoms with van der Waals surface area (Å²) in [6, 6.07) is 6.43.